The molecule has 0 aromatic heterocycles. The van der Waals surface area contributed by atoms with Crippen molar-refractivity contribution in [3.05, 3.63) is 0 Å². The third kappa shape index (κ3) is 1.13. The second-order valence-corrected chi connectivity index (χ2v) is 5.35. The minimum Gasteiger partial charge on any atom is -0.481 e. The maximum absolute atomic E-state index is 11.3. The lowest BCUT2D eigenvalue weighted by molar-refractivity contribution is -0.233. The summed E-state index contributed by atoms with van der Waals surface area (Å²) in [5.41, 5.74) is 0.0247. The SMILES string of the molecule is O=C(O)[C@@H]1[C@H]2CCCO[C@H]2C12CCCC2. The van der Waals surface area contributed by atoms with Crippen LogP contribution in [0.4, 0.5) is 0 Å². The Morgan fingerprint density at radius 3 is 2.67 bits per heavy atom. The van der Waals surface area contributed by atoms with Gasteiger partial charge in [0.05, 0.1) is 12.0 Å². The van der Waals surface area contributed by atoms with Crippen LogP contribution in [0.25, 0.3) is 0 Å². The van der Waals surface area contributed by atoms with Crippen molar-refractivity contribution in [2.24, 2.45) is 17.3 Å². The highest BCUT2D eigenvalue weighted by Gasteiger charge is 2.66. The lowest BCUT2D eigenvalue weighted by atomic mass is 9.49. The summed E-state index contributed by atoms with van der Waals surface area (Å²) in [6, 6.07) is 0. The molecule has 0 bridgehead atoms. The van der Waals surface area contributed by atoms with E-state index >= 15 is 0 Å². The molecular weight excluding hydrogens is 192 g/mol. The molecule has 3 heteroatoms. The topological polar surface area (TPSA) is 46.5 Å². The summed E-state index contributed by atoms with van der Waals surface area (Å²) in [5.74, 6) is -0.372. The summed E-state index contributed by atoms with van der Waals surface area (Å²) in [6.07, 6.45) is 6.91. The second-order valence-electron chi connectivity index (χ2n) is 5.35. The molecule has 1 saturated heterocycles. The zero-order chi connectivity index (χ0) is 10.5. The number of carboxylic acid groups (broad SMARTS) is 1. The number of carboxylic acids is 1. The molecule has 84 valence electrons. The van der Waals surface area contributed by atoms with Crippen LogP contribution in [0.5, 0.6) is 0 Å². The Morgan fingerprint density at radius 1 is 1.27 bits per heavy atom. The van der Waals surface area contributed by atoms with Gasteiger partial charge in [0, 0.05) is 12.0 Å². The predicted molar refractivity (Wildman–Crippen MR) is 54.5 cm³/mol. The molecule has 0 aromatic carbocycles. The number of hydrogen-bond acceptors (Lipinski definition) is 2. The molecule has 3 aliphatic rings. The summed E-state index contributed by atoms with van der Waals surface area (Å²) in [7, 11) is 0. The van der Waals surface area contributed by atoms with Crippen molar-refractivity contribution in [1.29, 1.82) is 0 Å². The second kappa shape index (κ2) is 3.21. The van der Waals surface area contributed by atoms with Crippen LogP contribution in [-0.2, 0) is 9.53 Å². The molecule has 3 nitrogen and oxygen atoms in total. The molecule has 1 spiro atoms. The molecule has 0 radical (unpaired) electrons. The molecule has 0 aromatic rings. The van der Waals surface area contributed by atoms with Gasteiger partial charge in [-0.25, -0.2) is 0 Å². The monoisotopic (exact) mass is 210 g/mol. The summed E-state index contributed by atoms with van der Waals surface area (Å²) in [4.78, 5) is 11.3. The third-order valence-corrected chi connectivity index (χ3v) is 4.78. The Morgan fingerprint density at radius 2 is 2.00 bits per heavy atom. The van der Waals surface area contributed by atoms with Gasteiger partial charge in [-0.2, -0.15) is 0 Å². The molecule has 1 aliphatic heterocycles. The highest BCUT2D eigenvalue weighted by atomic mass is 16.5. The van der Waals surface area contributed by atoms with E-state index in [0.29, 0.717) is 5.92 Å². The van der Waals surface area contributed by atoms with Crippen molar-refractivity contribution in [2.45, 2.75) is 44.6 Å². The van der Waals surface area contributed by atoms with E-state index in [-0.39, 0.29) is 17.4 Å². The maximum atomic E-state index is 11.3. The lowest BCUT2D eigenvalue weighted by Gasteiger charge is -2.59. The van der Waals surface area contributed by atoms with Crippen molar-refractivity contribution in [1.82, 2.24) is 0 Å². The van der Waals surface area contributed by atoms with Crippen molar-refractivity contribution in [3.63, 3.8) is 0 Å². The Hall–Kier alpha value is -0.570. The number of rotatable bonds is 1. The van der Waals surface area contributed by atoms with Crippen LogP contribution in [0.3, 0.4) is 0 Å². The number of hydrogen-bond donors (Lipinski definition) is 1. The number of aliphatic carboxylic acids is 1. The quantitative estimate of drug-likeness (QED) is 0.720. The Kier molecular flexibility index (Phi) is 2.06. The fourth-order valence-electron chi connectivity index (χ4n) is 4.28. The van der Waals surface area contributed by atoms with Crippen LogP contribution < -0.4 is 0 Å². The van der Waals surface area contributed by atoms with E-state index in [1.165, 1.54) is 12.8 Å². The van der Waals surface area contributed by atoms with Crippen LogP contribution in [0, 0.1) is 17.3 Å². The number of carbonyl (C=O) groups is 1. The van der Waals surface area contributed by atoms with Crippen molar-refractivity contribution in [3.8, 4) is 0 Å². The Balaban J connectivity index is 1.88. The van der Waals surface area contributed by atoms with Gasteiger partial charge in [-0.1, -0.05) is 12.8 Å². The van der Waals surface area contributed by atoms with Gasteiger partial charge >= 0.3 is 5.97 Å². The minimum absolute atomic E-state index is 0.0247. The minimum atomic E-state index is -0.580. The van der Waals surface area contributed by atoms with E-state index in [4.69, 9.17) is 4.74 Å². The molecule has 1 N–H and O–H groups in total. The smallest absolute Gasteiger partial charge is 0.307 e. The third-order valence-electron chi connectivity index (χ3n) is 4.78. The van der Waals surface area contributed by atoms with Crippen LogP contribution >= 0.6 is 0 Å². The van der Waals surface area contributed by atoms with Crippen molar-refractivity contribution < 1.29 is 14.6 Å². The zero-order valence-corrected chi connectivity index (χ0v) is 8.95. The molecule has 3 fully saturated rings. The molecule has 0 unspecified atom stereocenters. The molecule has 2 aliphatic carbocycles. The largest absolute Gasteiger partial charge is 0.481 e. The van der Waals surface area contributed by atoms with Gasteiger partial charge in [-0.05, 0) is 31.6 Å². The molecular formula is C12H18O3. The Labute approximate surface area is 89.8 Å². The lowest BCUT2D eigenvalue weighted by Crippen LogP contribution is -2.64. The standard InChI is InChI=1S/C12H18O3/c13-11(14)9-8-4-3-7-15-10(8)12(9)5-1-2-6-12/h8-10H,1-7H2,(H,13,14)/t8-,9+,10-/m1/s1. The number of ether oxygens (including phenoxy) is 1. The summed E-state index contributed by atoms with van der Waals surface area (Å²) in [5, 5.41) is 9.34. The van der Waals surface area contributed by atoms with E-state index in [9.17, 15) is 9.90 Å². The first kappa shape index (κ1) is 9.64. The molecule has 1 heterocycles. The van der Waals surface area contributed by atoms with Gasteiger partial charge < -0.3 is 9.84 Å². The first-order valence-corrected chi connectivity index (χ1v) is 6.10. The normalized spacial score (nSPS) is 42.3. The van der Waals surface area contributed by atoms with Gasteiger partial charge in [0.1, 0.15) is 0 Å². The number of fused-ring (bicyclic) bond motifs is 2. The van der Waals surface area contributed by atoms with Crippen LogP contribution in [0.2, 0.25) is 0 Å². The average molecular weight is 210 g/mol. The molecule has 2 saturated carbocycles. The fraction of sp³-hybridized carbons (Fsp3) is 0.917. The first-order chi connectivity index (χ1) is 7.26. The molecule has 0 amide bonds. The fourth-order valence-corrected chi connectivity index (χ4v) is 4.28. The van der Waals surface area contributed by atoms with E-state index in [1.54, 1.807) is 0 Å². The van der Waals surface area contributed by atoms with Crippen molar-refractivity contribution in [2.75, 3.05) is 6.61 Å². The summed E-state index contributed by atoms with van der Waals surface area (Å²) in [6.45, 7) is 0.843. The van der Waals surface area contributed by atoms with E-state index in [1.807, 2.05) is 0 Å². The highest BCUT2D eigenvalue weighted by molar-refractivity contribution is 5.73. The molecule has 15 heavy (non-hydrogen) atoms. The van der Waals surface area contributed by atoms with Crippen LogP contribution in [0.15, 0.2) is 0 Å². The summed E-state index contributed by atoms with van der Waals surface area (Å²) < 4.78 is 5.83. The van der Waals surface area contributed by atoms with Crippen LogP contribution in [-0.4, -0.2) is 23.8 Å². The van der Waals surface area contributed by atoms with Gasteiger partial charge in [-0.3, -0.25) is 4.79 Å². The first-order valence-electron chi connectivity index (χ1n) is 6.10. The van der Waals surface area contributed by atoms with Gasteiger partial charge in [0.2, 0.25) is 0 Å². The maximum Gasteiger partial charge on any atom is 0.307 e. The zero-order valence-electron chi connectivity index (χ0n) is 8.95. The summed E-state index contributed by atoms with van der Waals surface area (Å²) >= 11 is 0. The van der Waals surface area contributed by atoms with E-state index in [2.05, 4.69) is 0 Å². The Bertz CT molecular complexity index is 281. The molecule has 3 rings (SSSR count). The average Bonchev–Trinajstić information content (AvgIpc) is 2.67. The predicted octanol–water partition coefficient (Wildman–Crippen LogP) is 2.06. The van der Waals surface area contributed by atoms with Crippen molar-refractivity contribution >= 4 is 5.97 Å². The van der Waals surface area contributed by atoms with Gasteiger partial charge in [0.15, 0.2) is 0 Å². The molecule has 3 atom stereocenters. The van der Waals surface area contributed by atoms with E-state index < -0.39 is 5.97 Å². The van der Waals surface area contributed by atoms with Crippen LogP contribution in [0.1, 0.15) is 38.5 Å². The van der Waals surface area contributed by atoms with E-state index in [0.717, 1.165) is 32.3 Å². The van der Waals surface area contributed by atoms with Gasteiger partial charge in [-0.15, -0.1) is 0 Å². The highest BCUT2D eigenvalue weighted by Crippen LogP contribution is 2.63. The van der Waals surface area contributed by atoms with Gasteiger partial charge in [0.25, 0.3) is 0 Å².